The van der Waals surface area contributed by atoms with Crippen LogP contribution in [0.5, 0.6) is 5.75 Å². The molecule has 0 radical (unpaired) electrons. The summed E-state index contributed by atoms with van der Waals surface area (Å²) < 4.78 is 6.60. The molecule has 0 amide bonds. The molecule has 0 unspecified atom stereocenters. The molecule has 3 rings (SSSR count). The van der Waals surface area contributed by atoms with Crippen LogP contribution >= 0.6 is 23.2 Å². The highest BCUT2D eigenvalue weighted by Crippen LogP contribution is 2.26. The van der Waals surface area contributed by atoms with Gasteiger partial charge in [0.25, 0.3) is 5.56 Å². The lowest BCUT2D eigenvalue weighted by molar-refractivity contribution is -0.134. The fourth-order valence-electron chi connectivity index (χ4n) is 2.43. The van der Waals surface area contributed by atoms with E-state index in [1.54, 1.807) is 18.2 Å². The Labute approximate surface area is 153 Å². The molecule has 0 N–H and O–H groups in total. The second-order valence-electron chi connectivity index (χ2n) is 5.51. The van der Waals surface area contributed by atoms with Crippen LogP contribution in [0.2, 0.25) is 10.0 Å². The first kappa shape index (κ1) is 17.5. The van der Waals surface area contributed by atoms with Gasteiger partial charge in [-0.3, -0.25) is 14.2 Å². The van der Waals surface area contributed by atoms with E-state index in [2.05, 4.69) is 4.98 Å². The summed E-state index contributed by atoms with van der Waals surface area (Å²) in [5.41, 5.74) is 1.42. The Bertz CT molecular complexity index is 1010. The lowest BCUT2D eigenvalue weighted by Gasteiger charge is -2.08. The molecule has 0 spiro atoms. The van der Waals surface area contributed by atoms with Crippen LogP contribution in [0.15, 0.2) is 47.5 Å². The molecule has 2 aromatic carbocycles. The zero-order valence-corrected chi connectivity index (χ0v) is 14.8. The van der Waals surface area contributed by atoms with Crippen LogP contribution in [0, 0.1) is 6.92 Å². The number of nitrogens with zero attached hydrogens (tertiary/aromatic N) is 2. The number of para-hydroxylation sites is 1. The number of esters is 1. The molecule has 0 aliphatic heterocycles. The smallest absolute Gasteiger partial charge is 0.312 e. The van der Waals surface area contributed by atoms with Crippen LogP contribution in [-0.2, 0) is 11.3 Å². The number of benzene rings is 2. The van der Waals surface area contributed by atoms with Gasteiger partial charge in [-0.25, -0.2) is 4.98 Å². The average molecular weight is 377 g/mol. The highest BCUT2D eigenvalue weighted by Gasteiger charge is 2.10. The third kappa shape index (κ3) is 3.83. The lowest BCUT2D eigenvalue weighted by atomic mass is 10.1. The monoisotopic (exact) mass is 376 g/mol. The highest BCUT2D eigenvalue weighted by atomic mass is 35.5. The normalized spacial score (nSPS) is 10.8. The van der Waals surface area contributed by atoms with Crippen LogP contribution in [0.25, 0.3) is 10.9 Å². The van der Waals surface area contributed by atoms with Crippen molar-refractivity contribution in [1.82, 2.24) is 9.55 Å². The largest absolute Gasteiger partial charge is 0.426 e. The number of halogens is 2. The number of ether oxygens (including phenoxy) is 1. The van der Waals surface area contributed by atoms with Crippen LogP contribution in [0.4, 0.5) is 0 Å². The Morgan fingerprint density at radius 1 is 1.20 bits per heavy atom. The summed E-state index contributed by atoms with van der Waals surface area (Å²) in [7, 11) is 0. The summed E-state index contributed by atoms with van der Waals surface area (Å²) in [6, 6.07) is 10.00. The molecule has 0 aliphatic rings. The molecule has 0 aliphatic carbocycles. The van der Waals surface area contributed by atoms with Gasteiger partial charge in [0.1, 0.15) is 5.75 Å². The van der Waals surface area contributed by atoms with Gasteiger partial charge in [-0.15, -0.1) is 0 Å². The Balaban J connectivity index is 1.72. The average Bonchev–Trinajstić information content (AvgIpc) is 2.58. The zero-order valence-electron chi connectivity index (χ0n) is 13.3. The number of hydrogen-bond donors (Lipinski definition) is 0. The van der Waals surface area contributed by atoms with Crippen molar-refractivity contribution in [3.8, 4) is 5.75 Å². The van der Waals surface area contributed by atoms with Gasteiger partial charge in [-0.05, 0) is 30.7 Å². The van der Waals surface area contributed by atoms with Crippen molar-refractivity contribution in [1.29, 1.82) is 0 Å². The van der Waals surface area contributed by atoms with Gasteiger partial charge < -0.3 is 4.74 Å². The van der Waals surface area contributed by atoms with E-state index in [0.29, 0.717) is 26.7 Å². The Morgan fingerprint density at radius 3 is 2.76 bits per heavy atom. The molecular weight excluding hydrogens is 363 g/mol. The molecule has 128 valence electrons. The molecule has 1 aromatic heterocycles. The van der Waals surface area contributed by atoms with Crippen molar-refractivity contribution < 1.29 is 9.53 Å². The van der Waals surface area contributed by atoms with Gasteiger partial charge in [0.2, 0.25) is 0 Å². The predicted octanol–water partition coefficient (Wildman–Crippen LogP) is 4.01. The molecule has 0 atom stereocenters. The molecule has 0 bridgehead atoms. The maximum Gasteiger partial charge on any atom is 0.312 e. The van der Waals surface area contributed by atoms with Gasteiger partial charge in [-0.2, -0.15) is 0 Å². The zero-order chi connectivity index (χ0) is 18.0. The van der Waals surface area contributed by atoms with Crippen molar-refractivity contribution in [3.63, 3.8) is 0 Å². The van der Waals surface area contributed by atoms with Gasteiger partial charge >= 0.3 is 5.97 Å². The van der Waals surface area contributed by atoms with E-state index in [0.717, 1.165) is 5.56 Å². The first-order chi connectivity index (χ1) is 12.0. The summed E-state index contributed by atoms with van der Waals surface area (Å²) in [6.45, 7) is 2.07. The fourth-order valence-corrected chi connectivity index (χ4v) is 2.72. The summed E-state index contributed by atoms with van der Waals surface area (Å²) >= 11 is 11.7. The van der Waals surface area contributed by atoms with Crippen LogP contribution in [0.3, 0.4) is 0 Å². The molecule has 25 heavy (non-hydrogen) atoms. The van der Waals surface area contributed by atoms with E-state index in [1.165, 1.54) is 17.0 Å². The van der Waals surface area contributed by atoms with E-state index >= 15 is 0 Å². The van der Waals surface area contributed by atoms with Crippen LogP contribution in [0.1, 0.15) is 12.0 Å². The SMILES string of the molecule is Cc1cccc2c(=O)n(CCC(=O)Oc3ccc(Cl)c(Cl)c3)cnc12. The van der Waals surface area contributed by atoms with E-state index in [9.17, 15) is 9.59 Å². The lowest BCUT2D eigenvalue weighted by Crippen LogP contribution is -2.23. The third-order valence-corrected chi connectivity index (χ3v) is 4.47. The molecule has 1 heterocycles. The number of hydrogen-bond acceptors (Lipinski definition) is 4. The highest BCUT2D eigenvalue weighted by molar-refractivity contribution is 6.42. The van der Waals surface area contributed by atoms with Crippen molar-refractivity contribution in [2.24, 2.45) is 0 Å². The van der Waals surface area contributed by atoms with Gasteiger partial charge in [-0.1, -0.05) is 35.3 Å². The Hall–Kier alpha value is -2.37. The minimum absolute atomic E-state index is 0.0269. The number of carbonyl (C=O) groups is 1. The van der Waals surface area contributed by atoms with Gasteiger partial charge in [0.15, 0.2) is 0 Å². The molecule has 0 saturated carbocycles. The standard InChI is InChI=1S/C18H14Cl2N2O3/c1-11-3-2-4-13-17(11)21-10-22(18(13)24)8-7-16(23)25-12-5-6-14(19)15(20)9-12/h2-6,9-10H,7-8H2,1H3. The van der Waals surface area contributed by atoms with Gasteiger partial charge in [0.05, 0.1) is 33.7 Å². The Morgan fingerprint density at radius 2 is 2.00 bits per heavy atom. The summed E-state index contributed by atoms with van der Waals surface area (Å²) in [4.78, 5) is 28.8. The number of aromatic nitrogens is 2. The maximum absolute atomic E-state index is 12.5. The van der Waals surface area contributed by atoms with E-state index < -0.39 is 5.97 Å². The molecular formula is C18H14Cl2N2O3. The van der Waals surface area contributed by atoms with Crippen molar-refractivity contribution in [3.05, 3.63) is 68.7 Å². The van der Waals surface area contributed by atoms with E-state index in [1.807, 2.05) is 19.1 Å². The number of rotatable bonds is 4. The number of carbonyl (C=O) groups excluding carboxylic acids is 1. The molecule has 0 fully saturated rings. The minimum Gasteiger partial charge on any atom is -0.426 e. The van der Waals surface area contributed by atoms with Crippen molar-refractivity contribution in [2.75, 3.05) is 0 Å². The van der Waals surface area contributed by atoms with Gasteiger partial charge in [0, 0.05) is 12.6 Å². The van der Waals surface area contributed by atoms with Crippen molar-refractivity contribution >= 4 is 40.1 Å². The minimum atomic E-state index is -0.477. The topological polar surface area (TPSA) is 61.2 Å². The molecule has 0 saturated heterocycles. The summed E-state index contributed by atoms with van der Waals surface area (Å²) in [6.07, 6.45) is 1.48. The Kier molecular flexibility index (Phi) is 5.06. The first-order valence-electron chi connectivity index (χ1n) is 7.56. The van der Waals surface area contributed by atoms with E-state index in [-0.39, 0.29) is 18.5 Å². The van der Waals surface area contributed by atoms with E-state index in [4.69, 9.17) is 27.9 Å². The maximum atomic E-state index is 12.5. The second-order valence-corrected chi connectivity index (χ2v) is 6.33. The fraction of sp³-hybridized carbons (Fsp3) is 0.167. The van der Waals surface area contributed by atoms with Crippen LogP contribution < -0.4 is 10.3 Å². The molecule has 3 aromatic rings. The summed E-state index contributed by atoms with van der Waals surface area (Å²) in [5, 5.41) is 1.21. The summed E-state index contributed by atoms with van der Waals surface area (Å²) in [5.74, 6) is -0.173. The second kappa shape index (κ2) is 7.25. The van der Waals surface area contributed by atoms with Crippen LogP contribution in [-0.4, -0.2) is 15.5 Å². The number of aryl methyl sites for hydroxylation is 2. The third-order valence-electron chi connectivity index (χ3n) is 3.73. The molecule has 5 nitrogen and oxygen atoms in total. The first-order valence-corrected chi connectivity index (χ1v) is 8.32. The quantitative estimate of drug-likeness (QED) is 0.509. The number of fused-ring (bicyclic) bond motifs is 1. The predicted molar refractivity (Wildman–Crippen MR) is 97.5 cm³/mol. The molecule has 7 heteroatoms. The van der Waals surface area contributed by atoms with Crippen molar-refractivity contribution in [2.45, 2.75) is 19.9 Å².